The highest BCUT2D eigenvalue weighted by Crippen LogP contribution is 2.26. The molecule has 1 saturated heterocycles. The molecule has 1 rings (SSSR count). The van der Waals surface area contributed by atoms with E-state index in [1.165, 1.54) is 0 Å². The van der Waals surface area contributed by atoms with Gasteiger partial charge in [-0.25, -0.2) is 0 Å². The molecule has 5 heteroatoms. The third-order valence-electron chi connectivity index (χ3n) is 3.07. The number of carbonyl (C=O) groups excluding carboxylic acids is 1. The van der Waals surface area contributed by atoms with Gasteiger partial charge >= 0.3 is 5.97 Å². The van der Waals surface area contributed by atoms with Gasteiger partial charge in [0.1, 0.15) is 0 Å². The predicted molar refractivity (Wildman–Crippen MR) is 62.5 cm³/mol. The Bertz CT molecular complexity index is 284. The van der Waals surface area contributed by atoms with Crippen LogP contribution in [0.5, 0.6) is 0 Å². The number of unbranched alkanes of at least 4 members (excludes halogenated alkanes) is 1. The van der Waals surface area contributed by atoms with E-state index in [4.69, 9.17) is 5.11 Å². The molecule has 0 saturated carbocycles. The fourth-order valence-electron chi connectivity index (χ4n) is 2.17. The second kappa shape index (κ2) is 6.00. The molecular weight excluding hydrogens is 222 g/mol. The topological polar surface area (TPSA) is 77.8 Å². The lowest BCUT2D eigenvalue weighted by Gasteiger charge is -2.46. The molecule has 0 aromatic heterocycles. The first-order valence-corrected chi connectivity index (χ1v) is 6.19. The summed E-state index contributed by atoms with van der Waals surface area (Å²) < 4.78 is 0. The van der Waals surface area contributed by atoms with E-state index in [0.29, 0.717) is 32.4 Å². The van der Waals surface area contributed by atoms with E-state index in [9.17, 15) is 14.7 Å². The van der Waals surface area contributed by atoms with Gasteiger partial charge in [-0.15, -0.1) is 0 Å². The van der Waals surface area contributed by atoms with Gasteiger partial charge < -0.3 is 15.1 Å². The monoisotopic (exact) mass is 243 g/mol. The Morgan fingerprint density at radius 3 is 2.35 bits per heavy atom. The molecule has 2 N–H and O–H groups in total. The molecule has 0 spiro atoms. The van der Waals surface area contributed by atoms with E-state index in [0.717, 1.165) is 12.8 Å². The third kappa shape index (κ3) is 4.34. The molecule has 1 aliphatic heterocycles. The summed E-state index contributed by atoms with van der Waals surface area (Å²) in [5.41, 5.74) is -0.675. The lowest BCUT2D eigenvalue weighted by molar-refractivity contribution is -0.156. The molecule has 5 nitrogen and oxygen atoms in total. The zero-order chi connectivity index (χ0) is 12.9. The second-order valence-electron chi connectivity index (χ2n) is 4.82. The molecule has 0 aliphatic carbocycles. The maximum Gasteiger partial charge on any atom is 0.303 e. The summed E-state index contributed by atoms with van der Waals surface area (Å²) in [7, 11) is 0. The lowest BCUT2D eigenvalue weighted by atomic mass is 9.89. The maximum absolute atomic E-state index is 11.6. The molecular formula is C12H21NO4. The molecule has 1 amide bonds. The summed E-state index contributed by atoms with van der Waals surface area (Å²) in [6, 6.07) is 0. The van der Waals surface area contributed by atoms with Crippen molar-refractivity contribution < 1.29 is 19.8 Å². The van der Waals surface area contributed by atoms with E-state index in [2.05, 4.69) is 0 Å². The number of amides is 1. The van der Waals surface area contributed by atoms with Crippen molar-refractivity contribution >= 4 is 11.9 Å². The highest BCUT2D eigenvalue weighted by Gasteiger charge is 2.42. The molecule has 0 atom stereocenters. The molecule has 1 fully saturated rings. The van der Waals surface area contributed by atoms with E-state index < -0.39 is 11.6 Å². The van der Waals surface area contributed by atoms with Gasteiger partial charge in [0.15, 0.2) is 0 Å². The molecule has 0 aromatic rings. The summed E-state index contributed by atoms with van der Waals surface area (Å²) in [4.78, 5) is 23.6. The van der Waals surface area contributed by atoms with Crippen molar-refractivity contribution in [1.29, 1.82) is 0 Å². The van der Waals surface area contributed by atoms with E-state index in [-0.39, 0.29) is 12.3 Å². The summed E-state index contributed by atoms with van der Waals surface area (Å²) in [6.07, 6.45) is 3.29. The number of hydrogen-bond acceptors (Lipinski definition) is 3. The smallest absolute Gasteiger partial charge is 0.303 e. The minimum absolute atomic E-state index is 0.0242. The number of hydrogen-bond donors (Lipinski definition) is 2. The lowest BCUT2D eigenvalue weighted by Crippen LogP contribution is -2.63. The van der Waals surface area contributed by atoms with Gasteiger partial charge in [0, 0.05) is 12.8 Å². The van der Waals surface area contributed by atoms with Gasteiger partial charge in [-0.3, -0.25) is 9.59 Å². The van der Waals surface area contributed by atoms with E-state index in [1.54, 1.807) is 4.90 Å². The molecule has 1 aliphatic rings. The standard InChI is InChI=1S/C12H21NO4/c1-2-7-12(17)8-13(9-12)10(14)5-3-4-6-11(15)16/h17H,2-9H2,1H3,(H,15,16). The van der Waals surface area contributed by atoms with E-state index >= 15 is 0 Å². The van der Waals surface area contributed by atoms with Gasteiger partial charge in [-0.05, 0) is 19.3 Å². The first kappa shape index (κ1) is 14.0. The highest BCUT2D eigenvalue weighted by atomic mass is 16.4. The van der Waals surface area contributed by atoms with Crippen molar-refractivity contribution in [2.24, 2.45) is 0 Å². The normalized spacial score (nSPS) is 17.6. The minimum atomic E-state index is -0.821. The van der Waals surface area contributed by atoms with E-state index in [1.807, 2.05) is 6.92 Å². The Balaban J connectivity index is 2.13. The molecule has 17 heavy (non-hydrogen) atoms. The summed E-state index contributed by atoms with van der Waals surface area (Å²) >= 11 is 0. The average molecular weight is 243 g/mol. The Labute approximate surface area is 101 Å². The quantitative estimate of drug-likeness (QED) is 0.654. The molecule has 0 unspecified atom stereocenters. The zero-order valence-electron chi connectivity index (χ0n) is 10.3. The summed E-state index contributed by atoms with van der Waals surface area (Å²) in [5.74, 6) is -0.796. The maximum atomic E-state index is 11.6. The second-order valence-corrected chi connectivity index (χ2v) is 4.82. The van der Waals surface area contributed by atoms with Crippen LogP contribution in [0.15, 0.2) is 0 Å². The number of nitrogens with zero attached hydrogens (tertiary/aromatic N) is 1. The number of carboxylic acids is 1. The van der Waals surface area contributed by atoms with Gasteiger partial charge in [0.2, 0.25) is 5.91 Å². The minimum Gasteiger partial charge on any atom is -0.481 e. The number of aliphatic hydroxyl groups is 1. The third-order valence-corrected chi connectivity index (χ3v) is 3.07. The number of β-amino-alcohol motifs (C(OH)–C–C–N with tert-alkyl or cyclic N) is 1. The van der Waals surface area contributed by atoms with Crippen molar-refractivity contribution in [1.82, 2.24) is 4.90 Å². The van der Waals surface area contributed by atoms with Crippen LogP contribution in [0.2, 0.25) is 0 Å². The van der Waals surface area contributed by atoms with Crippen LogP contribution in [0.3, 0.4) is 0 Å². The van der Waals surface area contributed by atoms with Crippen molar-refractivity contribution in [3.8, 4) is 0 Å². The molecule has 0 aromatic carbocycles. The van der Waals surface area contributed by atoms with Crippen LogP contribution in [0, 0.1) is 0 Å². The van der Waals surface area contributed by atoms with Crippen molar-refractivity contribution in [3.05, 3.63) is 0 Å². The largest absolute Gasteiger partial charge is 0.481 e. The number of carbonyl (C=O) groups is 2. The summed E-state index contributed by atoms with van der Waals surface area (Å²) in [5, 5.41) is 18.3. The Kier molecular flexibility index (Phi) is 4.93. The molecule has 1 heterocycles. The van der Waals surface area contributed by atoms with Crippen LogP contribution in [0.1, 0.15) is 45.4 Å². The van der Waals surface area contributed by atoms with Crippen molar-refractivity contribution in [2.75, 3.05) is 13.1 Å². The highest BCUT2D eigenvalue weighted by molar-refractivity contribution is 5.77. The van der Waals surface area contributed by atoms with Crippen LogP contribution in [0.4, 0.5) is 0 Å². The van der Waals surface area contributed by atoms with Crippen molar-refractivity contribution in [2.45, 2.75) is 51.0 Å². The first-order chi connectivity index (χ1) is 7.97. The van der Waals surface area contributed by atoms with Gasteiger partial charge in [0.25, 0.3) is 0 Å². The van der Waals surface area contributed by atoms with Gasteiger partial charge in [-0.2, -0.15) is 0 Å². The molecule has 0 radical (unpaired) electrons. The van der Waals surface area contributed by atoms with Gasteiger partial charge in [-0.1, -0.05) is 13.3 Å². The first-order valence-electron chi connectivity index (χ1n) is 6.19. The Morgan fingerprint density at radius 2 is 1.82 bits per heavy atom. The SMILES string of the molecule is CCCC1(O)CN(C(=O)CCCCC(=O)O)C1. The van der Waals surface area contributed by atoms with Crippen molar-refractivity contribution in [3.63, 3.8) is 0 Å². The average Bonchev–Trinajstić information content (AvgIpc) is 2.20. The van der Waals surface area contributed by atoms with Crippen LogP contribution < -0.4 is 0 Å². The predicted octanol–water partition coefficient (Wildman–Crippen LogP) is 1.00. The van der Waals surface area contributed by atoms with Crippen LogP contribution >= 0.6 is 0 Å². The number of rotatable bonds is 7. The zero-order valence-corrected chi connectivity index (χ0v) is 10.3. The Morgan fingerprint density at radius 1 is 1.24 bits per heavy atom. The number of carboxylic acid groups (broad SMARTS) is 1. The summed E-state index contributed by atoms with van der Waals surface area (Å²) in [6.45, 7) is 2.87. The fourth-order valence-corrected chi connectivity index (χ4v) is 2.17. The van der Waals surface area contributed by atoms with Gasteiger partial charge in [0.05, 0.1) is 18.7 Å². The number of likely N-dealkylation sites (tertiary alicyclic amines) is 1. The van der Waals surface area contributed by atoms with Crippen LogP contribution in [-0.4, -0.2) is 45.7 Å². The van der Waals surface area contributed by atoms with Crippen LogP contribution in [0.25, 0.3) is 0 Å². The molecule has 0 bridgehead atoms. The fraction of sp³-hybridized carbons (Fsp3) is 0.833. The number of aliphatic carboxylic acids is 1. The van der Waals surface area contributed by atoms with Crippen LogP contribution in [-0.2, 0) is 9.59 Å². The molecule has 98 valence electrons. The Hall–Kier alpha value is -1.10.